The molecule has 0 spiro atoms. The third-order valence-electron chi connectivity index (χ3n) is 4.97. The molecule has 1 aliphatic rings. The van der Waals surface area contributed by atoms with E-state index in [1.807, 2.05) is 55.5 Å². The molecule has 5 nitrogen and oxygen atoms in total. The van der Waals surface area contributed by atoms with Gasteiger partial charge in [-0.15, -0.1) is 17.1 Å². The molecule has 30 heavy (non-hydrogen) atoms. The van der Waals surface area contributed by atoms with Crippen LogP contribution < -0.4 is 10.6 Å². The Morgan fingerprint density at radius 1 is 1.30 bits per heavy atom. The molecule has 0 saturated heterocycles. The SMILES string of the molecule is C=C=C1N=c2ccc(C)cc2=C1c1sc(=S)n(C(Cc2ccccc2)C(=O)O)c1O. The number of benzene rings is 2. The molecule has 0 amide bonds. The van der Waals surface area contributed by atoms with Gasteiger partial charge in [0.1, 0.15) is 16.6 Å². The van der Waals surface area contributed by atoms with Gasteiger partial charge in [0.15, 0.2) is 3.95 Å². The number of carboxylic acids is 1. The van der Waals surface area contributed by atoms with Crippen LogP contribution in [0.1, 0.15) is 22.0 Å². The quantitative estimate of drug-likeness (QED) is 0.475. The highest BCUT2D eigenvalue weighted by Gasteiger charge is 2.29. The lowest BCUT2D eigenvalue weighted by molar-refractivity contribution is -0.141. The van der Waals surface area contributed by atoms with E-state index in [2.05, 4.69) is 17.3 Å². The van der Waals surface area contributed by atoms with Crippen molar-refractivity contribution < 1.29 is 15.0 Å². The Bertz CT molecular complexity index is 1390. The van der Waals surface area contributed by atoms with Crippen LogP contribution in [0.15, 0.2) is 71.5 Å². The van der Waals surface area contributed by atoms with Crippen LogP contribution in [0.3, 0.4) is 0 Å². The molecule has 1 aromatic heterocycles. The molecular formula is C23H18N2O3S2. The van der Waals surface area contributed by atoms with Crippen molar-refractivity contribution in [1.29, 1.82) is 0 Å². The highest BCUT2D eigenvalue weighted by Crippen LogP contribution is 2.38. The fraction of sp³-hybridized carbons (Fsp3) is 0.130. The number of hydrogen-bond donors (Lipinski definition) is 2. The summed E-state index contributed by atoms with van der Waals surface area (Å²) in [5.41, 5.74) is 5.88. The summed E-state index contributed by atoms with van der Waals surface area (Å²) in [4.78, 5) is 17.1. The minimum atomic E-state index is -1.06. The molecule has 0 fully saturated rings. The number of thiazole rings is 1. The summed E-state index contributed by atoms with van der Waals surface area (Å²) in [7, 11) is 0. The third-order valence-corrected chi connectivity index (χ3v) is 6.38. The normalized spacial score (nSPS) is 13.5. The van der Waals surface area contributed by atoms with Crippen molar-refractivity contribution in [3.8, 4) is 5.88 Å². The Hall–Kier alpha value is -3.25. The van der Waals surface area contributed by atoms with E-state index in [1.54, 1.807) is 0 Å². The number of aryl methyl sites for hydroxylation is 1. The number of carbonyl (C=O) groups is 1. The van der Waals surface area contributed by atoms with E-state index in [0.29, 0.717) is 16.1 Å². The van der Waals surface area contributed by atoms with Crippen molar-refractivity contribution in [3.05, 3.63) is 97.1 Å². The van der Waals surface area contributed by atoms with Gasteiger partial charge < -0.3 is 10.2 Å². The summed E-state index contributed by atoms with van der Waals surface area (Å²) in [5, 5.41) is 22.6. The molecule has 0 saturated carbocycles. The van der Waals surface area contributed by atoms with Gasteiger partial charge in [-0.3, -0.25) is 4.57 Å². The summed E-state index contributed by atoms with van der Waals surface area (Å²) < 4.78 is 1.59. The van der Waals surface area contributed by atoms with Crippen LogP contribution in [0.5, 0.6) is 5.88 Å². The number of hydrogen-bond acceptors (Lipinski definition) is 5. The first kappa shape index (κ1) is 20.0. The van der Waals surface area contributed by atoms with Crippen molar-refractivity contribution in [2.45, 2.75) is 19.4 Å². The van der Waals surface area contributed by atoms with Gasteiger partial charge in [0.2, 0.25) is 5.88 Å². The topological polar surface area (TPSA) is 74.8 Å². The van der Waals surface area contributed by atoms with Gasteiger partial charge in [0.05, 0.1) is 5.36 Å². The molecule has 2 N–H and O–H groups in total. The van der Waals surface area contributed by atoms with E-state index < -0.39 is 12.0 Å². The Morgan fingerprint density at radius 3 is 2.70 bits per heavy atom. The number of aliphatic carboxylic acids is 1. The molecule has 0 radical (unpaired) electrons. The Balaban J connectivity index is 1.92. The average Bonchev–Trinajstić information content (AvgIpc) is 3.22. The van der Waals surface area contributed by atoms with Crippen molar-refractivity contribution in [2.75, 3.05) is 0 Å². The van der Waals surface area contributed by atoms with E-state index in [-0.39, 0.29) is 16.3 Å². The summed E-state index contributed by atoms with van der Waals surface area (Å²) in [6, 6.07) is 14.1. The van der Waals surface area contributed by atoms with Gasteiger partial charge in [0, 0.05) is 17.2 Å². The highest BCUT2D eigenvalue weighted by atomic mass is 32.1. The number of nitrogens with zero attached hydrogens (tertiary/aromatic N) is 2. The number of allylic oxidation sites excluding steroid dienone is 1. The summed E-state index contributed by atoms with van der Waals surface area (Å²) >= 11 is 6.64. The number of carboxylic acid groups (broad SMARTS) is 1. The number of aromatic hydroxyl groups is 1. The van der Waals surface area contributed by atoms with Gasteiger partial charge in [-0.25, -0.2) is 9.79 Å². The molecule has 2 aromatic carbocycles. The Kier molecular flexibility index (Phi) is 5.26. The Labute approximate surface area is 181 Å². The lowest BCUT2D eigenvalue weighted by Gasteiger charge is -2.15. The lowest BCUT2D eigenvalue weighted by atomic mass is 10.1. The molecule has 3 aromatic rings. The maximum absolute atomic E-state index is 12.1. The largest absolute Gasteiger partial charge is 0.493 e. The molecule has 7 heteroatoms. The highest BCUT2D eigenvalue weighted by molar-refractivity contribution is 7.73. The first-order valence-corrected chi connectivity index (χ1v) is 10.4. The minimum absolute atomic E-state index is 0.180. The van der Waals surface area contributed by atoms with Crippen LogP contribution in [0.2, 0.25) is 0 Å². The maximum Gasteiger partial charge on any atom is 0.327 e. The van der Waals surface area contributed by atoms with Gasteiger partial charge in [0.25, 0.3) is 0 Å². The molecule has 0 aliphatic carbocycles. The maximum atomic E-state index is 12.1. The monoisotopic (exact) mass is 434 g/mol. The van der Waals surface area contributed by atoms with Gasteiger partial charge >= 0.3 is 5.97 Å². The van der Waals surface area contributed by atoms with Crippen LogP contribution in [-0.4, -0.2) is 20.7 Å². The van der Waals surface area contributed by atoms with Crippen molar-refractivity contribution in [2.24, 2.45) is 4.99 Å². The third kappa shape index (κ3) is 3.44. The smallest absolute Gasteiger partial charge is 0.327 e. The molecule has 2 heterocycles. The van der Waals surface area contributed by atoms with E-state index in [9.17, 15) is 15.0 Å². The zero-order valence-corrected chi connectivity index (χ0v) is 17.8. The van der Waals surface area contributed by atoms with E-state index in [1.165, 1.54) is 4.57 Å². The first-order valence-electron chi connectivity index (χ1n) is 9.22. The van der Waals surface area contributed by atoms with Crippen LogP contribution in [-0.2, 0) is 11.2 Å². The number of aromatic nitrogens is 1. The molecule has 0 bridgehead atoms. The van der Waals surface area contributed by atoms with Gasteiger partial charge in [-0.1, -0.05) is 48.5 Å². The molecule has 1 unspecified atom stereocenters. The summed E-state index contributed by atoms with van der Waals surface area (Å²) in [5.74, 6) is -1.24. The van der Waals surface area contributed by atoms with Crippen LogP contribution in [0.4, 0.5) is 0 Å². The molecule has 1 aliphatic heterocycles. The average molecular weight is 435 g/mol. The predicted octanol–water partition coefficient (Wildman–Crippen LogP) is 3.66. The first-order chi connectivity index (χ1) is 14.4. The fourth-order valence-corrected chi connectivity index (χ4v) is 5.00. The van der Waals surface area contributed by atoms with Crippen molar-refractivity contribution in [3.63, 3.8) is 0 Å². The second-order valence-electron chi connectivity index (χ2n) is 6.97. The van der Waals surface area contributed by atoms with Crippen LogP contribution >= 0.6 is 23.6 Å². The minimum Gasteiger partial charge on any atom is -0.493 e. The number of fused-ring (bicyclic) bond motifs is 1. The molecule has 1 atom stereocenters. The second-order valence-corrected chi connectivity index (χ2v) is 8.61. The fourth-order valence-electron chi connectivity index (χ4n) is 3.55. The van der Waals surface area contributed by atoms with Crippen molar-refractivity contribution >= 4 is 35.1 Å². The predicted molar refractivity (Wildman–Crippen MR) is 119 cm³/mol. The van der Waals surface area contributed by atoms with E-state index in [0.717, 1.165) is 33.0 Å². The van der Waals surface area contributed by atoms with E-state index >= 15 is 0 Å². The Morgan fingerprint density at radius 2 is 2.03 bits per heavy atom. The van der Waals surface area contributed by atoms with Crippen LogP contribution in [0.25, 0.3) is 5.57 Å². The number of rotatable bonds is 5. The summed E-state index contributed by atoms with van der Waals surface area (Å²) in [6.45, 7) is 5.69. The zero-order valence-electron chi connectivity index (χ0n) is 16.1. The summed E-state index contributed by atoms with van der Waals surface area (Å²) in [6.07, 6.45) is 0.202. The lowest BCUT2D eigenvalue weighted by Crippen LogP contribution is -2.23. The van der Waals surface area contributed by atoms with Crippen molar-refractivity contribution in [1.82, 2.24) is 4.57 Å². The second kappa shape index (κ2) is 7.88. The van der Waals surface area contributed by atoms with Gasteiger partial charge in [-0.05, 0) is 36.8 Å². The van der Waals surface area contributed by atoms with Gasteiger partial charge in [-0.2, -0.15) is 0 Å². The zero-order chi connectivity index (χ0) is 21.4. The van der Waals surface area contributed by atoms with Crippen LogP contribution in [0, 0.1) is 10.9 Å². The molecule has 4 rings (SSSR count). The standard InChI is InChI=1S/C23H18N2O3S2/c1-3-16-19(15-11-13(2)9-10-17(15)24-16)20-21(26)25(23(29)30-20)18(22(27)28)12-14-7-5-4-6-8-14/h4-11,18,26H,1,12H2,2H3,(H,27,28). The van der Waals surface area contributed by atoms with E-state index in [4.69, 9.17) is 12.2 Å². The molecular weight excluding hydrogens is 416 g/mol. The molecule has 150 valence electrons.